The molecule has 1 rings (SSSR count). The van der Waals surface area contributed by atoms with Crippen LogP contribution in [0.2, 0.25) is 0 Å². The van der Waals surface area contributed by atoms with Gasteiger partial charge in [0.25, 0.3) is 0 Å². The molecule has 0 aromatic heterocycles. The third kappa shape index (κ3) is 3.58. The van der Waals surface area contributed by atoms with Crippen LogP contribution in [-0.4, -0.2) is 53.9 Å². The van der Waals surface area contributed by atoms with Crippen molar-refractivity contribution in [2.24, 2.45) is 0 Å². The third-order valence-electron chi connectivity index (χ3n) is 3.28. The van der Waals surface area contributed by atoms with E-state index in [2.05, 4.69) is 5.32 Å². The molecule has 0 bridgehead atoms. The first-order chi connectivity index (χ1) is 8.34. The van der Waals surface area contributed by atoms with Crippen LogP contribution in [0.4, 0.5) is 13.2 Å². The van der Waals surface area contributed by atoms with E-state index in [1.54, 1.807) is 6.92 Å². The van der Waals surface area contributed by atoms with E-state index >= 15 is 0 Å². The fraction of sp³-hybridized carbons (Fsp3) is 0.909. The molecule has 1 saturated heterocycles. The molecule has 4 nitrogen and oxygen atoms in total. The first-order valence-electron chi connectivity index (χ1n) is 6.06. The number of nitrogens with one attached hydrogen (secondary N) is 1. The number of hydrogen-bond acceptors (Lipinski definition) is 3. The first-order valence-corrected chi connectivity index (χ1v) is 6.06. The number of aliphatic hydroxyl groups excluding tert-OH is 1. The molecule has 0 saturated carbocycles. The predicted molar refractivity (Wildman–Crippen MR) is 60.0 cm³/mol. The molecule has 1 aliphatic rings. The van der Waals surface area contributed by atoms with E-state index in [9.17, 15) is 18.0 Å². The number of aliphatic hydroxyl groups is 1. The summed E-state index contributed by atoms with van der Waals surface area (Å²) in [6.45, 7) is 0.346. The summed E-state index contributed by atoms with van der Waals surface area (Å²) >= 11 is 0. The van der Waals surface area contributed by atoms with Crippen LogP contribution in [0.3, 0.4) is 0 Å². The first kappa shape index (κ1) is 15.2. The smallest absolute Gasteiger partial charge is 0.395 e. The summed E-state index contributed by atoms with van der Waals surface area (Å²) in [6.07, 6.45) is -2.68. The van der Waals surface area contributed by atoms with Crippen LogP contribution in [0, 0.1) is 0 Å². The van der Waals surface area contributed by atoms with Crippen molar-refractivity contribution in [1.82, 2.24) is 10.2 Å². The van der Waals surface area contributed by atoms with Crippen LogP contribution in [0.25, 0.3) is 0 Å². The van der Waals surface area contributed by atoms with Gasteiger partial charge in [-0.1, -0.05) is 6.92 Å². The van der Waals surface area contributed by atoms with Gasteiger partial charge in [-0.2, -0.15) is 13.2 Å². The number of carbonyl (C=O) groups is 1. The van der Waals surface area contributed by atoms with Crippen LogP contribution in [-0.2, 0) is 4.79 Å². The second-order valence-electron chi connectivity index (χ2n) is 4.53. The number of rotatable bonds is 5. The molecule has 18 heavy (non-hydrogen) atoms. The number of hydrogen-bond donors (Lipinski definition) is 2. The normalized spacial score (nSPS) is 24.3. The molecule has 0 aliphatic carbocycles. The van der Waals surface area contributed by atoms with E-state index in [1.807, 2.05) is 0 Å². The molecule has 0 spiro atoms. The van der Waals surface area contributed by atoms with Crippen molar-refractivity contribution in [3.8, 4) is 0 Å². The Morgan fingerprint density at radius 2 is 2.17 bits per heavy atom. The number of halogens is 3. The fourth-order valence-electron chi connectivity index (χ4n) is 2.33. The molecule has 1 unspecified atom stereocenters. The van der Waals surface area contributed by atoms with E-state index in [4.69, 9.17) is 5.11 Å². The summed E-state index contributed by atoms with van der Waals surface area (Å²) in [5.41, 5.74) is -0.888. The minimum absolute atomic E-state index is 0.290. The molecular weight excluding hydrogens is 249 g/mol. The Kier molecular flexibility index (Phi) is 4.98. The highest BCUT2D eigenvalue weighted by Crippen LogP contribution is 2.27. The van der Waals surface area contributed by atoms with Gasteiger partial charge in [-0.25, -0.2) is 0 Å². The zero-order chi connectivity index (χ0) is 13.8. The molecular formula is C11H19F3N2O2. The number of alkyl halides is 3. The quantitative estimate of drug-likeness (QED) is 0.779. The van der Waals surface area contributed by atoms with Gasteiger partial charge in [-0.05, 0) is 25.8 Å². The summed E-state index contributed by atoms with van der Waals surface area (Å²) in [5.74, 6) is -0.561. The molecule has 106 valence electrons. The van der Waals surface area contributed by atoms with Crippen molar-refractivity contribution in [1.29, 1.82) is 0 Å². The minimum atomic E-state index is -4.45. The van der Waals surface area contributed by atoms with Gasteiger partial charge in [0.2, 0.25) is 5.91 Å². The van der Waals surface area contributed by atoms with E-state index in [-0.39, 0.29) is 6.54 Å². The average molecular weight is 268 g/mol. The van der Waals surface area contributed by atoms with Gasteiger partial charge in [-0.3, -0.25) is 4.79 Å². The van der Waals surface area contributed by atoms with Gasteiger partial charge in [-0.15, -0.1) is 0 Å². The van der Waals surface area contributed by atoms with Gasteiger partial charge >= 0.3 is 6.18 Å². The molecule has 0 aromatic carbocycles. The van der Waals surface area contributed by atoms with E-state index in [0.717, 1.165) is 6.42 Å². The lowest BCUT2D eigenvalue weighted by Gasteiger charge is -2.34. The van der Waals surface area contributed by atoms with Crippen LogP contribution in [0.5, 0.6) is 0 Å². The lowest BCUT2D eigenvalue weighted by molar-refractivity contribution is -0.166. The Hall–Kier alpha value is -0.820. The number of nitrogens with zero attached hydrogens (tertiary/aromatic N) is 1. The molecule has 1 heterocycles. The number of carbonyl (C=O) groups excluding carboxylic acids is 1. The molecule has 1 aliphatic heterocycles. The van der Waals surface area contributed by atoms with E-state index in [1.165, 1.54) is 0 Å². The van der Waals surface area contributed by atoms with E-state index in [0.29, 0.717) is 24.3 Å². The zero-order valence-corrected chi connectivity index (χ0v) is 10.4. The maximum Gasteiger partial charge on any atom is 0.406 e. The maximum atomic E-state index is 12.4. The van der Waals surface area contributed by atoms with Crippen LogP contribution >= 0.6 is 0 Å². The van der Waals surface area contributed by atoms with Gasteiger partial charge in [0.15, 0.2) is 0 Å². The molecule has 1 fully saturated rings. The Morgan fingerprint density at radius 3 is 2.56 bits per heavy atom. The predicted octanol–water partition coefficient (Wildman–Crippen LogP) is 0.902. The molecule has 7 heteroatoms. The van der Waals surface area contributed by atoms with E-state index < -0.39 is 30.8 Å². The fourth-order valence-corrected chi connectivity index (χ4v) is 2.33. The molecule has 0 radical (unpaired) electrons. The largest absolute Gasteiger partial charge is 0.406 e. The number of amides is 1. The highest BCUT2D eigenvalue weighted by Gasteiger charge is 2.44. The Bertz CT molecular complexity index is 289. The van der Waals surface area contributed by atoms with Gasteiger partial charge < -0.3 is 15.3 Å². The van der Waals surface area contributed by atoms with Crippen molar-refractivity contribution >= 4 is 5.91 Å². The highest BCUT2D eigenvalue weighted by atomic mass is 19.4. The molecule has 1 atom stereocenters. The van der Waals surface area contributed by atoms with Crippen molar-refractivity contribution in [3.05, 3.63) is 0 Å². The van der Waals surface area contributed by atoms with Gasteiger partial charge in [0, 0.05) is 6.54 Å². The maximum absolute atomic E-state index is 12.4. The monoisotopic (exact) mass is 268 g/mol. The summed E-state index contributed by atoms with van der Waals surface area (Å²) in [6, 6.07) is 0. The second-order valence-corrected chi connectivity index (χ2v) is 4.53. The highest BCUT2D eigenvalue weighted by molar-refractivity contribution is 5.86. The Balaban J connectivity index is 2.81. The Morgan fingerprint density at radius 1 is 1.50 bits per heavy atom. The minimum Gasteiger partial charge on any atom is -0.395 e. The summed E-state index contributed by atoms with van der Waals surface area (Å²) in [5, 5.41) is 11.8. The van der Waals surface area contributed by atoms with Crippen LogP contribution < -0.4 is 5.32 Å². The van der Waals surface area contributed by atoms with Gasteiger partial charge in [0.1, 0.15) is 6.54 Å². The second kappa shape index (κ2) is 5.88. The van der Waals surface area contributed by atoms with Crippen molar-refractivity contribution in [3.63, 3.8) is 0 Å². The average Bonchev–Trinajstić information content (AvgIpc) is 2.75. The standard InChI is InChI=1S/C11H19F3N2O2/c1-2-10(4-3-5-15-10)9(18)16(6-7-17)8-11(12,13)14/h15,17H,2-8H2,1H3. The van der Waals surface area contributed by atoms with Gasteiger partial charge in [0.05, 0.1) is 12.1 Å². The third-order valence-corrected chi connectivity index (χ3v) is 3.28. The topological polar surface area (TPSA) is 52.6 Å². The summed E-state index contributed by atoms with van der Waals surface area (Å²) in [7, 11) is 0. The van der Waals surface area contributed by atoms with Crippen molar-refractivity contribution in [2.45, 2.75) is 37.9 Å². The SMILES string of the molecule is CCC1(C(=O)N(CCO)CC(F)(F)F)CCCN1. The molecule has 2 N–H and O–H groups in total. The zero-order valence-electron chi connectivity index (χ0n) is 10.4. The molecule has 1 amide bonds. The van der Waals surface area contributed by atoms with Crippen molar-refractivity contribution < 1.29 is 23.1 Å². The van der Waals surface area contributed by atoms with Crippen molar-refractivity contribution in [2.75, 3.05) is 26.2 Å². The summed E-state index contributed by atoms with van der Waals surface area (Å²) in [4.78, 5) is 12.9. The summed E-state index contributed by atoms with van der Waals surface area (Å²) < 4.78 is 37.2. The lowest BCUT2D eigenvalue weighted by atomic mass is 9.92. The lowest BCUT2D eigenvalue weighted by Crippen LogP contribution is -2.56. The molecule has 0 aromatic rings. The van der Waals surface area contributed by atoms with Crippen LogP contribution in [0.1, 0.15) is 26.2 Å². The Labute approximate surface area is 104 Å². The van der Waals surface area contributed by atoms with Crippen LogP contribution in [0.15, 0.2) is 0 Å².